The Morgan fingerprint density at radius 3 is 2.81 bits per heavy atom. The fourth-order valence-electron chi connectivity index (χ4n) is 2.30. The van der Waals surface area contributed by atoms with E-state index < -0.39 is 0 Å². The molecule has 88 valence electrons. The van der Waals surface area contributed by atoms with Gasteiger partial charge < -0.3 is 9.42 Å². The molecule has 0 bridgehead atoms. The van der Waals surface area contributed by atoms with Gasteiger partial charge in [0.2, 0.25) is 5.91 Å². The van der Waals surface area contributed by atoms with E-state index >= 15 is 0 Å². The maximum atomic E-state index is 12.0. The lowest BCUT2D eigenvalue weighted by atomic mass is 10.1. The van der Waals surface area contributed by atoms with Crippen molar-refractivity contribution in [3.05, 3.63) is 17.5 Å². The lowest BCUT2D eigenvalue weighted by Gasteiger charge is -2.19. The summed E-state index contributed by atoms with van der Waals surface area (Å²) in [5, 5.41) is 3.90. The number of amides is 1. The quantitative estimate of drug-likeness (QED) is 0.787. The predicted molar refractivity (Wildman–Crippen MR) is 59.7 cm³/mol. The van der Waals surface area contributed by atoms with Crippen molar-refractivity contribution in [2.75, 3.05) is 7.05 Å². The highest BCUT2D eigenvalue weighted by Gasteiger charge is 2.25. The SMILES string of the molecule is Cc1cc(CN(C)C(=O)C2CCCC2)no1. The van der Waals surface area contributed by atoms with E-state index in [2.05, 4.69) is 5.16 Å². The summed E-state index contributed by atoms with van der Waals surface area (Å²) in [6, 6.07) is 1.87. The van der Waals surface area contributed by atoms with Crippen molar-refractivity contribution in [2.45, 2.75) is 39.2 Å². The second-order valence-electron chi connectivity index (χ2n) is 4.60. The van der Waals surface area contributed by atoms with E-state index in [1.165, 1.54) is 12.8 Å². The molecule has 1 aromatic heterocycles. The minimum atomic E-state index is 0.234. The second-order valence-corrected chi connectivity index (χ2v) is 4.60. The zero-order chi connectivity index (χ0) is 11.5. The van der Waals surface area contributed by atoms with E-state index in [0.29, 0.717) is 6.54 Å². The molecule has 1 aliphatic rings. The van der Waals surface area contributed by atoms with Gasteiger partial charge in [-0.25, -0.2) is 0 Å². The molecule has 16 heavy (non-hydrogen) atoms. The van der Waals surface area contributed by atoms with Crippen LogP contribution in [0.1, 0.15) is 37.1 Å². The van der Waals surface area contributed by atoms with Crippen LogP contribution in [0, 0.1) is 12.8 Å². The molecular weight excluding hydrogens is 204 g/mol. The molecule has 0 unspecified atom stereocenters. The Kier molecular flexibility index (Phi) is 3.27. The molecule has 4 nitrogen and oxygen atoms in total. The Balaban J connectivity index is 1.91. The molecule has 1 heterocycles. The van der Waals surface area contributed by atoms with Gasteiger partial charge in [-0.2, -0.15) is 0 Å². The van der Waals surface area contributed by atoms with Crippen LogP contribution in [-0.4, -0.2) is 23.0 Å². The van der Waals surface area contributed by atoms with E-state index in [-0.39, 0.29) is 11.8 Å². The smallest absolute Gasteiger partial charge is 0.225 e. The molecule has 0 atom stereocenters. The number of hydrogen-bond acceptors (Lipinski definition) is 3. The van der Waals surface area contributed by atoms with Gasteiger partial charge >= 0.3 is 0 Å². The molecule has 0 N–H and O–H groups in total. The summed E-state index contributed by atoms with van der Waals surface area (Å²) in [5.41, 5.74) is 0.825. The third-order valence-corrected chi connectivity index (χ3v) is 3.16. The van der Waals surface area contributed by atoms with Gasteiger partial charge in [0.05, 0.1) is 6.54 Å². The molecule has 0 aliphatic heterocycles. The molecule has 0 aromatic carbocycles. The Morgan fingerprint density at radius 2 is 2.25 bits per heavy atom. The van der Waals surface area contributed by atoms with Crippen molar-refractivity contribution < 1.29 is 9.32 Å². The molecule has 1 saturated carbocycles. The van der Waals surface area contributed by atoms with Gasteiger partial charge in [0, 0.05) is 19.0 Å². The van der Waals surface area contributed by atoms with Crippen molar-refractivity contribution in [3.63, 3.8) is 0 Å². The van der Waals surface area contributed by atoms with Crippen LogP contribution in [0.4, 0.5) is 0 Å². The molecule has 0 spiro atoms. The summed E-state index contributed by atoms with van der Waals surface area (Å²) in [6.07, 6.45) is 4.46. The van der Waals surface area contributed by atoms with Crippen molar-refractivity contribution in [3.8, 4) is 0 Å². The van der Waals surface area contributed by atoms with Crippen molar-refractivity contribution >= 4 is 5.91 Å². The van der Waals surface area contributed by atoms with Gasteiger partial charge in [-0.1, -0.05) is 18.0 Å². The number of hydrogen-bond donors (Lipinski definition) is 0. The minimum absolute atomic E-state index is 0.234. The Labute approximate surface area is 95.6 Å². The van der Waals surface area contributed by atoms with Gasteiger partial charge in [-0.05, 0) is 19.8 Å². The first-order chi connectivity index (χ1) is 7.66. The largest absolute Gasteiger partial charge is 0.361 e. The molecule has 1 aromatic rings. The maximum Gasteiger partial charge on any atom is 0.225 e. The molecule has 1 aliphatic carbocycles. The van der Waals surface area contributed by atoms with E-state index in [0.717, 1.165) is 24.3 Å². The summed E-state index contributed by atoms with van der Waals surface area (Å²) in [4.78, 5) is 13.8. The molecule has 1 fully saturated rings. The second kappa shape index (κ2) is 4.68. The monoisotopic (exact) mass is 222 g/mol. The number of rotatable bonds is 3. The molecule has 0 radical (unpaired) electrons. The predicted octanol–water partition coefficient (Wildman–Crippen LogP) is 2.13. The highest BCUT2D eigenvalue weighted by Crippen LogP contribution is 2.26. The third-order valence-electron chi connectivity index (χ3n) is 3.16. The van der Waals surface area contributed by atoms with Gasteiger partial charge in [0.15, 0.2) is 0 Å². The maximum absolute atomic E-state index is 12.0. The average Bonchev–Trinajstić information content (AvgIpc) is 2.88. The molecular formula is C12H18N2O2. The number of aryl methyl sites for hydroxylation is 1. The van der Waals surface area contributed by atoms with Crippen LogP contribution < -0.4 is 0 Å². The summed E-state index contributed by atoms with van der Waals surface area (Å²) in [7, 11) is 1.84. The van der Waals surface area contributed by atoms with Crippen LogP contribution in [-0.2, 0) is 11.3 Å². The Morgan fingerprint density at radius 1 is 1.56 bits per heavy atom. The first-order valence-electron chi connectivity index (χ1n) is 5.84. The molecule has 0 saturated heterocycles. The zero-order valence-electron chi connectivity index (χ0n) is 9.90. The number of carbonyl (C=O) groups is 1. The van der Waals surface area contributed by atoms with Gasteiger partial charge in [0.1, 0.15) is 11.5 Å². The topological polar surface area (TPSA) is 46.3 Å². The minimum Gasteiger partial charge on any atom is -0.361 e. The van der Waals surface area contributed by atoms with Gasteiger partial charge in [0.25, 0.3) is 0 Å². The van der Waals surface area contributed by atoms with Crippen molar-refractivity contribution in [1.82, 2.24) is 10.1 Å². The average molecular weight is 222 g/mol. The Hall–Kier alpha value is -1.32. The highest BCUT2D eigenvalue weighted by atomic mass is 16.5. The van der Waals surface area contributed by atoms with Crippen LogP contribution in [0.2, 0.25) is 0 Å². The first-order valence-corrected chi connectivity index (χ1v) is 5.84. The van der Waals surface area contributed by atoms with Crippen LogP contribution in [0.5, 0.6) is 0 Å². The molecule has 2 rings (SSSR count). The number of nitrogens with zero attached hydrogens (tertiary/aromatic N) is 2. The van der Waals surface area contributed by atoms with E-state index in [9.17, 15) is 4.79 Å². The summed E-state index contributed by atoms with van der Waals surface area (Å²) >= 11 is 0. The fourth-order valence-corrected chi connectivity index (χ4v) is 2.30. The number of aromatic nitrogens is 1. The zero-order valence-corrected chi connectivity index (χ0v) is 9.90. The van der Waals surface area contributed by atoms with E-state index in [1.54, 1.807) is 4.90 Å². The Bertz CT molecular complexity index is 367. The lowest BCUT2D eigenvalue weighted by Crippen LogP contribution is -2.31. The fraction of sp³-hybridized carbons (Fsp3) is 0.667. The molecule has 1 amide bonds. The van der Waals surface area contributed by atoms with Crippen LogP contribution >= 0.6 is 0 Å². The van der Waals surface area contributed by atoms with Crippen molar-refractivity contribution in [1.29, 1.82) is 0 Å². The standard InChI is InChI=1S/C12H18N2O2/c1-9-7-11(13-16-9)8-14(2)12(15)10-5-3-4-6-10/h7,10H,3-6,8H2,1-2H3. The molecule has 4 heteroatoms. The summed E-state index contributed by atoms with van der Waals surface area (Å²) < 4.78 is 4.98. The van der Waals surface area contributed by atoms with Gasteiger partial charge in [-0.3, -0.25) is 4.79 Å². The summed E-state index contributed by atoms with van der Waals surface area (Å²) in [5.74, 6) is 1.27. The first kappa shape index (κ1) is 11.2. The highest BCUT2D eigenvalue weighted by molar-refractivity contribution is 5.78. The summed E-state index contributed by atoms with van der Waals surface area (Å²) in [6.45, 7) is 2.40. The van der Waals surface area contributed by atoms with Crippen LogP contribution in [0.15, 0.2) is 10.6 Å². The van der Waals surface area contributed by atoms with E-state index in [1.807, 2.05) is 20.0 Å². The van der Waals surface area contributed by atoms with Crippen LogP contribution in [0.3, 0.4) is 0 Å². The van der Waals surface area contributed by atoms with E-state index in [4.69, 9.17) is 4.52 Å². The lowest BCUT2D eigenvalue weighted by molar-refractivity contribution is -0.134. The normalized spacial score (nSPS) is 16.6. The van der Waals surface area contributed by atoms with Crippen LogP contribution in [0.25, 0.3) is 0 Å². The van der Waals surface area contributed by atoms with Gasteiger partial charge in [-0.15, -0.1) is 0 Å². The van der Waals surface area contributed by atoms with Crippen molar-refractivity contribution in [2.24, 2.45) is 5.92 Å². The third kappa shape index (κ3) is 2.43. The number of carbonyl (C=O) groups excluding carboxylic acids is 1.